The van der Waals surface area contributed by atoms with Gasteiger partial charge in [-0.3, -0.25) is 0 Å². The van der Waals surface area contributed by atoms with Crippen LogP contribution in [0, 0.1) is 11.8 Å². The first kappa shape index (κ1) is 20.8. The summed E-state index contributed by atoms with van der Waals surface area (Å²) in [6.45, 7) is 9.75. The number of anilines is 1. The lowest BCUT2D eigenvalue weighted by Gasteiger charge is -2.06. The van der Waals surface area contributed by atoms with Gasteiger partial charge in [-0.05, 0) is 35.8 Å². The van der Waals surface area contributed by atoms with Crippen molar-refractivity contribution in [1.82, 2.24) is 0 Å². The van der Waals surface area contributed by atoms with E-state index >= 15 is 0 Å². The Morgan fingerprint density at radius 3 is 2.08 bits per heavy atom. The van der Waals surface area contributed by atoms with E-state index in [-0.39, 0.29) is 0 Å². The van der Waals surface area contributed by atoms with Crippen LogP contribution in [0.5, 0.6) is 0 Å². The molecular formula is C25H27N. The maximum absolute atomic E-state index is 3.75. The Bertz CT molecular complexity index is 771. The quantitative estimate of drug-likeness (QED) is 0.495. The molecule has 3 rings (SSSR count). The smallest absolute Gasteiger partial charge is 0.0337 e. The van der Waals surface area contributed by atoms with E-state index in [0.717, 1.165) is 24.1 Å². The van der Waals surface area contributed by atoms with Crippen molar-refractivity contribution in [3.05, 3.63) is 110 Å². The molecule has 0 saturated heterocycles. The van der Waals surface area contributed by atoms with Crippen molar-refractivity contribution >= 4 is 11.3 Å². The highest BCUT2D eigenvalue weighted by Crippen LogP contribution is 2.21. The number of nitrogens with one attached hydrogen (secondary N) is 1. The average Bonchev–Trinajstić information content (AvgIpc) is 2.71. The zero-order valence-electron chi connectivity index (χ0n) is 15.5. The van der Waals surface area contributed by atoms with Crippen LogP contribution in [0.15, 0.2) is 104 Å². The van der Waals surface area contributed by atoms with Crippen molar-refractivity contribution in [3.63, 3.8) is 0 Å². The van der Waals surface area contributed by atoms with Crippen LogP contribution >= 0.6 is 0 Å². The lowest BCUT2D eigenvalue weighted by molar-refractivity contribution is 1.10. The van der Waals surface area contributed by atoms with Crippen molar-refractivity contribution in [2.75, 3.05) is 12.4 Å². The summed E-state index contributed by atoms with van der Waals surface area (Å²) in [5, 5.41) is 3.03. The van der Waals surface area contributed by atoms with Gasteiger partial charge >= 0.3 is 0 Å². The molecule has 0 radical (unpaired) electrons. The fraction of sp³-hybridized carbons (Fsp3) is 0.120. The van der Waals surface area contributed by atoms with E-state index in [2.05, 4.69) is 67.2 Å². The molecule has 0 spiro atoms. The summed E-state index contributed by atoms with van der Waals surface area (Å²) in [6.07, 6.45) is 7.92. The highest BCUT2D eigenvalue weighted by atomic mass is 14.8. The molecule has 132 valence electrons. The van der Waals surface area contributed by atoms with E-state index in [4.69, 9.17) is 0 Å². The number of hydrogen-bond donors (Lipinski definition) is 1. The van der Waals surface area contributed by atoms with Crippen LogP contribution in [0.25, 0.3) is 5.57 Å². The molecular weight excluding hydrogens is 314 g/mol. The van der Waals surface area contributed by atoms with Gasteiger partial charge in [-0.15, -0.1) is 13.2 Å². The van der Waals surface area contributed by atoms with Crippen LogP contribution in [0.4, 0.5) is 5.69 Å². The van der Waals surface area contributed by atoms with E-state index in [1.165, 1.54) is 11.1 Å². The molecule has 0 unspecified atom stereocenters. The molecule has 1 heteroatoms. The summed E-state index contributed by atoms with van der Waals surface area (Å²) < 4.78 is 0. The van der Waals surface area contributed by atoms with Crippen LogP contribution in [0.1, 0.15) is 18.4 Å². The third-order valence-electron chi connectivity index (χ3n) is 3.64. The lowest BCUT2D eigenvalue weighted by Crippen LogP contribution is -1.86. The van der Waals surface area contributed by atoms with Crippen molar-refractivity contribution in [1.29, 1.82) is 0 Å². The molecule has 0 atom stereocenters. The molecule has 0 amide bonds. The number of para-hydroxylation sites is 1. The molecule has 0 bridgehead atoms. The van der Waals surface area contributed by atoms with Gasteiger partial charge in [0, 0.05) is 24.7 Å². The number of hydrogen-bond acceptors (Lipinski definition) is 1. The minimum Gasteiger partial charge on any atom is -0.388 e. The Morgan fingerprint density at radius 2 is 1.54 bits per heavy atom. The van der Waals surface area contributed by atoms with E-state index < -0.39 is 0 Å². The second-order valence-electron chi connectivity index (χ2n) is 5.30. The van der Waals surface area contributed by atoms with Crippen LogP contribution in [0.3, 0.4) is 0 Å². The second-order valence-corrected chi connectivity index (χ2v) is 5.30. The standard InChI is InChI=1S/C16H14.C7H9N.C2H4/c1-2-14-8-6-7-11-16(13-12-14)15-9-4-3-5-10-15;1-8-7-5-3-2-4-6-7;1-2/h2-5,9-10,12-13H,1,7,11H2;2-6,8H,1H3;1-2H2/b14-12-,16-13+;;. The van der Waals surface area contributed by atoms with Gasteiger partial charge in [-0.2, -0.15) is 0 Å². The van der Waals surface area contributed by atoms with E-state index in [1.54, 1.807) is 6.08 Å². The molecule has 0 aliphatic heterocycles. The molecule has 0 fully saturated rings. The number of allylic oxidation sites excluding steroid dienone is 5. The summed E-state index contributed by atoms with van der Waals surface area (Å²) >= 11 is 0. The fourth-order valence-corrected chi connectivity index (χ4v) is 2.29. The van der Waals surface area contributed by atoms with Gasteiger partial charge in [0.05, 0.1) is 0 Å². The maximum Gasteiger partial charge on any atom is 0.0337 e. The van der Waals surface area contributed by atoms with Gasteiger partial charge in [0.15, 0.2) is 0 Å². The van der Waals surface area contributed by atoms with Crippen LogP contribution in [0.2, 0.25) is 0 Å². The SMILES string of the molecule is C=C.C=C/C1=C/C=C(/c2ccccc2)CCC#C1.CNc1ccccc1. The van der Waals surface area contributed by atoms with Gasteiger partial charge < -0.3 is 5.32 Å². The molecule has 0 aromatic heterocycles. The number of rotatable bonds is 3. The predicted molar refractivity (Wildman–Crippen MR) is 117 cm³/mol. The van der Waals surface area contributed by atoms with Crippen molar-refractivity contribution in [2.24, 2.45) is 0 Å². The minimum absolute atomic E-state index is 0.909. The lowest BCUT2D eigenvalue weighted by atomic mass is 9.99. The predicted octanol–water partition coefficient (Wildman–Crippen LogP) is 6.51. The zero-order valence-corrected chi connectivity index (χ0v) is 15.5. The highest BCUT2D eigenvalue weighted by Gasteiger charge is 2.00. The van der Waals surface area contributed by atoms with Gasteiger partial charge in [-0.25, -0.2) is 0 Å². The molecule has 1 aliphatic carbocycles. The monoisotopic (exact) mass is 341 g/mol. The van der Waals surface area contributed by atoms with Crippen molar-refractivity contribution in [2.45, 2.75) is 12.8 Å². The van der Waals surface area contributed by atoms with Crippen LogP contribution < -0.4 is 5.32 Å². The molecule has 1 aliphatic rings. The van der Waals surface area contributed by atoms with Gasteiger partial charge in [-0.1, -0.05) is 79.1 Å². The van der Waals surface area contributed by atoms with Gasteiger partial charge in [0.1, 0.15) is 0 Å². The van der Waals surface area contributed by atoms with Gasteiger partial charge in [0.2, 0.25) is 0 Å². The summed E-state index contributed by atoms with van der Waals surface area (Å²) in [5.74, 6) is 6.25. The zero-order chi connectivity index (χ0) is 19.0. The first-order chi connectivity index (χ1) is 12.8. The Morgan fingerprint density at radius 1 is 0.923 bits per heavy atom. The fourth-order valence-electron chi connectivity index (χ4n) is 2.29. The van der Waals surface area contributed by atoms with Crippen LogP contribution in [-0.4, -0.2) is 7.05 Å². The summed E-state index contributed by atoms with van der Waals surface area (Å²) in [5.41, 5.74) is 4.78. The first-order valence-corrected chi connectivity index (χ1v) is 8.64. The third-order valence-corrected chi connectivity index (χ3v) is 3.64. The Labute approximate surface area is 158 Å². The summed E-state index contributed by atoms with van der Waals surface area (Å²) in [6, 6.07) is 20.5. The Kier molecular flexibility index (Phi) is 10.5. The normalized spacial score (nSPS) is 15.9. The van der Waals surface area contributed by atoms with E-state index in [1.807, 2.05) is 49.5 Å². The second kappa shape index (κ2) is 13.1. The summed E-state index contributed by atoms with van der Waals surface area (Å²) in [7, 11) is 1.91. The van der Waals surface area contributed by atoms with Gasteiger partial charge in [0.25, 0.3) is 0 Å². The molecule has 1 nitrogen and oxygen atoms in total. The molecule has 0 heterocycles. The Hall–Kier alpha value is -3.24. The largest absolute Gasteiger partial charge is 0.388 e. The first-order valence-electron chi connectivity index (χ1n) is 8.64. The minimum atomic E-state index is 0.909. The molecule has 2 aromatic carbocycles. The van der Waals surface area contributed by atoms with E-state index in [0.29, 0.717) is 0 Å². The topological polar surface area (TPSA) is 12.0 Å². The Balaban J connectivity index is 0.000000284. The molecule has 26 heavy (non-hydrogen) atoms. The molecule has 0 saturated carbocycles. The molecule has 1 N–H and O–H groups in total. The number of benzene rings is 2. The average molecular weight is 341 g/mol. The molecule has 2 aromatic rings. The third kappa shape index (κ3) is 7.55. The van der Waals surface area contributed by atoms with Crippen molar-refractivity contribution < 1.29 is 0 Å². The van der Waals surface area contributed by atoms with Crippen molar-refractivity contribution in [3.8, 4) is 11.8 Å². The van der Waals surface area contributed by atoms with Crippen LogP contribution in [-0.2, 0) is 0 Å². The van der Waals surface area contributed by atoms with E-state index in [9.17, 15) is 0 Å². The maximum atomic E-state index is 3.75. The summed E-state index contributed by atoms with van der Waals surface area (Å²) in [4.78, 5) is 0. The highest BCUT2D eigenvalue weighted by molar-refractivity contribution is 5.68.